The van der Waals surface area contributed by atoms with Crippen LogP contribution >= 0.6 is 11.3 Å². The maximum Gasteiger partial charge on any atom is 0.205 e. The summed E-state index contributed by atoms with van der Waals surface area (Å²) in [5, 5.41) is 13.1. The third-order valence-electron chi connectivity index (χ3n) is 1.98. The summed E-state index contributed by atoms with van der Waals surface area (Å²) in [4.78, 5) is 0. The van der Waals surface area contributed by atoms with E-state index in [1.165, 1.54) is 0 Å². The van der Waals surface area contributed by atoms with Gasteiger partial charge < -0.3 is 15.8 Å². The SMILES string of the molecule is COCC(CCCN)Nc1nnc(C)s1. The Balaban J connectivity index is 2.42. The van der Waals surface area contributed by atoms with E-state index >= 15 is 0 Å². The molecule has 1 rings (SSSR count). The number of hydrogen-bond donors (Lipinski definition) is 2. The number of ether oxygens (including phenoxy) is 1. The van der Waals surface area contributed by atoms with Gasteiger partial charge in [0.2, 0.25) is 5.13 Å². The van der Waals surface area contributed by atoms with Crippen LogP contribution < -0.4 is 11.1 Å². The summed E-state index contributed by atoms with van der Waals surface area (Å²) in [5.41, 5.74) is 5.48. The van der Waals surface area contributed by atoms with Gasteiger partial charge in [-0.15, -0.1) is 10.2 Å². The zero-order valence-corrected chi connectivity index (χ0v) is 10.0. The molecule has 0 aliphatic rings. The third kappa shape index (κ3) is 4.55. The van der Waals surface area contributed by atoms with E-state index in [4.69, 9.17) is 10.5 Å². The summed E-state index contributed by atoms with van der Waals surface area (Å²) in [6.07, 6.45) is 1.97. The van der Waals surface area contributed by atoms with Gasteiger partial charge >= 0.3 is 0 Å². The lowest BCUT2D eigenvalue weighted by molar-refractivity contribution is 0.182. The number of rotatable bonds is 7. The molecule has 3 N–H and O–H groups in total. The van der Waals surface area contributed by atoms with Gasteiger partial charge in [0.1, 0.15) is 5.01 Å². The smallest absolute Gasteiger partial charge is 0.205 e. The van der Waals surface area contributed by atoms with E-state index in [-0.39, 0.29) is 6.04 Å². The minimum atomic E-state index is 0.269. The predicted octanol–water partition coefficient (Wildman–Crippen LogP) is 1.01. The summed E-state index contributed by atoms with van der Waals surface area (Å²) >= 11 is 1.56. The van der Waals surface area contributed by atoms with Crippen molar-refractivity contribution in [3.63, 3.8) is 0 Å². The highest BCUT2D eigenvalue weighted by Crippen LogP contribution is 2.16. The topological polar surface area (TPSA) is 73.1 Å². The molecule has 0 fully saturated rings. The van der Waals surface area contributed by atoms with Crippen molar-refractivity contribution >= 4 is 16.5 Å². The van der Waals surface area contributed by atoms with E-state index < -0.39 is 0 Å². The first-order valence-corrected chi connectivity index (χ1v) is 5.83. The van der Waals surface area contributed by atoms with Crippen molar-refractivity contribution in [3.05, 3.63) is 5.01 Å². The molecule has 86 valence electrons. The molecule has 0 saturated carbocycles. The van der Waals surface area contributed by atoms with Gasteiger partial charge in [0.05, 0.1) is 12.6 Å². The van der Waals surface area contributed by atoms with Gasteiger partial charge in [0, 0.05) is 7.11 Å². The standard InChI is InChI=1S/C9H18N4OS/c1-7-12-13-9(15-7)11-8(6-14-2)4-3-5-10/h8H,3-6,10H2,1-2H3,(H,11,13). The Morgan fingerprint density at radius 1 is 1.53 bits per heavy atom. The Labute approximate surface area is 94.0 Å². The first-order chi connectivity index (χ1) is 7.26. The van der Waals surface area contributed by atoms with Crippen molar-refractivity contribution in [3.8, 4) is 0 Å². The summed E-state index contributed by atoms with van der Waals surface area (Å²) in [6, 6.07) is 0.269. The van der Waals surface area contributed by atoms with Crippen LogP contribution in [0.4, 0.5) is 5.13 Å². The second-order valence-electron chi connectivity index (χ2n) is 3.35. The van der Waals surface area contributed by atoms with E-state index in [1.54, 1.807) is 18.4 Å². The second kappa shape index (κ2) is 6.71. The van der Waals surface area contributed by atoms with Gasteiger partial charge in [-0.3, -0.25) is 0 Å². The molecule has 0 saturated heterocycles. The fourth-order valence-electron chi connectivity index (χ4n) is 1.29. The summed E-state index contributed by atoms with van der Waals surface area (Å²) in [5.74, 6) is 0. The molecule has 0 aliphatic heterocycles. The number of anilines is 1. The molecule has 5 nitrogen and oxygen atoms in total. The molecule has 0 amide bonds. The molecule has 1 aromatic heterocycles. The van der Waals surface area contributed by atoms with Crippen LogP contribution in [0.1, 0.15) is 17.8 Å². The average Bonchev–Trinajstić information content (AvgIpc) is 2.61. The minimum Gasteiger partial charge on any atom is -0.383 e. The second-order valence-corrected chi connectivity index (χ2v) is 4.54. The number of nitrogens with zero attached hydrogens (tertiary/aromatic N) is 2. The van der Waals surface area contributed by atoms with E-state index in [1.807, 2.05) is 6.92 Å². The van der Waals surface area contributed by atoms with Crippen molar-refractivity contribution in [1.82, 2.24) is 10.2 Å². The van der Waals surface area contributed by atoms with E-state index in [0.717, 1.165) is 23.0 Å². The summed E-state index contributed by atoms with van der Waals surface area (Å²) < 4.78 is 5.13. The number of nitrogens with one attached hydrogen (secondary N) is 1. The average molecular weight is 230 g/mol. The zero-order chi connectivity index (χ0) is 11.1. The van der Waals surface area contributed by atoms with Gasteiger partial charge in [-0.2, -0.15) is 0 Å². The lowest BCUT2D eigenvalue weighted by Gasteiger charge is -2.16. The molecule has 1 atom stereocenters. The Kier molecular flexibility index (Phi) is 5.52. The summed E-state index contributed by atoms with van der Waals surface area (Å²) in [7, 11) is 1.70. The first-order valence-electron chi connectivity index (χ1n) is 5.02. The Morgan fingerprint density at radius 3 is 2.87 bits per heavy atom. The van der Waals surface area contributed by atoms with Crippen LogP contribution in [0.3, 0.4) is 0 Å². The highest BCUT2D eigenvalue weighted by Gasteiger charge is 2.10. The molecular weight excluding hydrogens is 212 g/mol. The fourth-order valence-corrected chi connectivity index (χ4v) is 1.96. The quantitative estimate of drug-likeness (QED) is 0.731. The highest BCUT2D eigenvalue weighted by atomic mass is 32.1. The predicted molar refractivity (Wildman–Crippen MR) is 62.2 cm³/mol. The van der Waals surface area contributed by atoms with E-state index in [2.05, 4.69) is 15.5 Å². The van der Waals surface area contributed by atoms with Crippen LogP contribution in [0, 0.1) is 6.92 Å². The fraction of sp³-hybridized carbons (Fsp3) is 0.778. The van der Waals surface area contributed by atoms with Crippen molar-refractivity contribution in [2.45, 2.75) is 25.8 Å². The van der Waals surface area contributed by atoms with Gasteiger partial charge in [0.15, 0.2) is 0 Å². The van der Waals surface area contributed by atoms with Crippen LogP contribution in [-0.4, -0.2) is 36.5 Å². The van der Waals surface area contributed by atoms with Crippen LogP contribution in [0.5, 0.6) is 0 Å². The molecule has 15 heavy (non-hydrogen) atoms. The van der Waals surface area contributed by atoms with Gasteiger partial charge in [-0.05, 0) is 26.3 Å². The molecule has 0 aliphatic carbocycles. The van der Waals surface area contributed by atoms with Crippen molar-refractivity contribution in [2.75, 3.05) is 25.6 Å². The lowest BCUT2D eigenvalue weighted by Crippen LogP contribution is -2.25. The Bertz CT molecular complexity index is 279. The third-order valence-corrected chi connectivity index (χ3v) is 2.75. The molecule has 1 aromatic rings. The first kappa shape index (κ1) is 12.4. The Hall–Kier alpha value is -0.720. The zero-order valence-electron chi connectivity index (χ0n) is 9.19. The van der Waals surface area contributed by atoms with Gasteiger partial charge in [-0.25, -0.2) is 0 Å². The molecular formula is C9H18N4OS. The minimum absolute atomic E-state index is 0.269. The van der Waals surface area contributed by atoms with Crippen LogP contribution in [0.2, 0.25) is 0 Å². The van der Waals surface area contributed by atoms with Crippen LogP contribution in [0.15, 0.2) is 0 Å². The lowest BCUT2D eigenvalue weighted by atomic mass is 10.2. The molecule has 0 spiro atoms. The van der Waals surface area contributed by atoms with Crippen molar-refractivity contribution in [1.29, 1.82) is 0 Å². The van der Waals surface area contributed by atoms with E-state index in [9.17, 15) is 0 Å². The molecule has 6 heteroatoms. The highest BCUT2D eigenvalue weighted by molar-refractivity contribution is 7.15. The number of nitrogens with two attached hydrogens (primary N) is 1. The number of aryl methyl sites for hydroxylation is 1. The van der Waals surface area contributed by atoms with Gasteiger partial charge in [0.25, 0.3) is 0 Å². The normalized spacial score (nSPS) is 12.7. The molecule has 1 heterocycles. The van der Waals surface area contributed by atoms with Crippen LogP contribution in [-0.2, 0) is 4.74 Å². The maximum absolute atomic E-state index is 5.48. The Morgan fingerprint density at radius 2 is 2.33 bits per heavy atom. The van der Waals surface area contributed by atoms with E-state index in [0.29, 0.717) is 13.2 Å². The molecule has 1 unspecified atom stereocenters. The molecule has 0 aromatic carbocycles. The van der Waals surface area contributed by atoms with Crippen LogP contribution in [0.25, 0.3) is 0 Å². The van der Waals surface area contributed by atoms with Crippen molar-refractivity contribution < 1.29 is 4.74 Å². The maximum atomic E-state index is 5.48. The molecule has 0 radical (unpaired) electrons. The number of methoxy groups -OCH3 is 1. The van der Waals surface area contributed by atoms with Crippen molar-refractivity contribution in [2.24, 2.45) is 5.73 Å². The number of aromatic nitrogens is 2. The van der Waals surface area contributed by atoms with Gasteiger partial charge in [-0.1, -0.05) is 11.3 Å². The number of hydrogen-bond acceptors (Lipinski definition) is 6. The molecule has 0 bridgehead atoms. The largest absolute Gasteiger partial charge is 0.383 e. The summed E-state index contributed by atoms with van der Waals surface area (Å²) in [6.45, 7) is 3.31. The monoisotopic (exact) mass is 230 g/mol.